The number of hydrogen-bond donors (Lipinski definition) is 0. The SMILES string of the molecule is CC(C)(C)c1ccc(N(c2ccccc2)c2ccc3c(c2)-c2ccccc2C3(c2ccccc2)c2ccccc2)cc1. The third kappa shape index (κ3) is 4.16. The lowest BCUT2D eigenvalue weighted by Crippen LogP contribution is -2.28. The van der Waals surface area contributed by atoms with Crippen LogP contribution in [-0.4, -0.2) is 0 Å². The third-order valence-electron chi connectivity index (χ3n) is 8.71. The van der Waals surface area contributed by atoms with Crippen LogP contribution in [0.5, 0.6) is 0 Å². The Labute approximate surface area is 249 Å². The molecule has 0 amide bonds. The minimum absolute atomic E-state index is 0.103. The summed E-state index contributed by atoms with van der Waals surface area (Å²) in [6, 6.07) is 57.7. The first kappa shape index (κ1) is 26.0. The van der Waals surface area contributed by atoms with Gasteiger partial charge in [-0.05, 0) is 80.8 Å². The molecular weight excluding hydrogens is 506 g/mol. The van der Waals surface area contributed by atoms with Crippen molar-refractivity contribution in [1.82, 2.24) is 0 Å². The molecule has 1 heteroatoms. The van der Waals surface area contributed by atoms with E-state index in [0.717, 1.165) is 17.1 Å². The average molecular weight is 542 g/mol. The summed E-state index contributed by atoms with van der Waals surface area (Å²) in [6.07, 6.45) is 0. The van der Waals surface area contributed by atoms with Gasteiger partial charge in [-0.3, -0.25) is 0 Å². The molecular formula is C41H35N. The quantitative estimate of drug-likeness (QED) is 0.209. The van der Waals surface area contributed by atoms with E-state index in [1.165, 1.54) is 38.9 Å². The average Bonchev–Trinajstić information content (AvgIpc) is 3.33. The van der Waals surface area contributed by atoms with Crippen molar-refractivity contribution in [2.45, 2.75) is 31.6 Å². The maximum atomic E-state index is 2.40. The second-order valence-corrected chi connectivity index (χ2v) is 12.2. The van der Waals surface area contributed by atoms with Gasteiger partial charge in [0.15, 0.2) is 0 Å². The Morgan fingerprint density at radius 3 is 1.50 bits per heavy atom. The number of fused-ring (bicyclic) bond motifs is 3. The van der Waals surface area contributed by atoms with Crippen LogP contribution in [0.4, 0.5) is 17.1 Å². The van der Waals surface area contributed by atoms with Crippen molar-refractivity contribution in [1.29, 1.82) is 0 Å². The molecule has 0 fully saturated rings. The summed E-state index contributed by atoms with van der Waals surface area (Å²) in [7, 11) is 0. The van der Waals surface area contributed by atoms with Crippen LogP contribution in [0.3, 0.4) is 0 Å². The monoisotopic (exact) mass is 541 g/mol. The standard InChI is InChI=1S/C41H35N/c1-40(2,3)30-23-25-34(26-24-30)42(33-19-11-6-12-20-33)35-27-28-39-37(29-35)36-21-13-14-22-38(36)41(39,31-15-7-4-8-16-31)32-17-9-5-10-18-32/h4-29H,1-3H3. The topological polar surface area (TPSA) is 3.24 Å². The number of hydrogen-bond acceptors (Lipinski definition) is 1. The number of rotatable bonds is 5. The highest BCUT2D eigenvalue weighted by atomic mass is 15.1. The van der Waals surface area contributed by atoms with Crippen LogP contribution >= 0.6 is 0 Å². The zero-order valence-electron chi connectivity index (χ0n) is 24.5. The molecule has 0 aromatic heterocycles. The van der Waals surface area contributed by atoms with E-state index in [1.54, 1.807) is 0 Å². The second kappa shape index (κ2) is 10.2. The predicted octanol–water partition coefficient (Wildman–Crippen LogP) is 10.8. The van der Waals surface area contributed by atoms with Gasteiger partial charge in [-0.15, -0.1) is 0 Å². The molecule has 0 bridgehead atoms. The van der Waals surface area contributed by atoms with Gasteiger partial charge in [0.25, 0.3) is 0 Å². The zero-order chi connectivity index (χ0) is 28.7. The van der Waals surface area contributed by atoms with Crippen LogP contribution in [0, 0.1) is 0 Å². The molecule has 6 aromatic carbocycles. The molecule has 0 saturated carbocycles. The molecule has 0 N–H and O–H groups in total. The first-order valence-electron chi connectivity index (χ1n) is 14.8. The summed E-state index contributed by atoms with van der Waals surface area (Å²) in [5.74, 6) is 0. The van der Waals surface area contributed by atoms with Gasteiger partial charge in [0.1, 0.15) is 0 Å². The first-order chi connectivity index (χ1) is 20.5. The molecule has 0 spiro atoms. The van der Waals surface area contributed by atoms with Crippen molar-refractivity contribution in [3.63, 3.8) is 0 Å². The van der Waals surface area contributed by atoms with E-state index >= 15 is 0 Å². The molecule has 1 nitrogen and oxygen atoms in total. The Bertz CT molecular complexity index is 1790. The van der Waals surface area contributed by atoms with E-state index < -0.39 is 0 Å². The molecule has 0 saturated heterocycles. The summed E-state index contributed by atoms with van der Waals surface area (Å²) in [6.45, 7) is 6.79. The highest BCUT2D eigenvalue weighted by Gasteiger charge is 2.46. The molecule has 6 aromatic rings. The second-order valence-electron chi connectivity index (χ2n) is 12.2. The van der Waals surface area contributed by atoms with Crippen LogP contribution in [0.1, 0.15) is 48.6 Å². The summed E-state index contributed by atoms with van der Waals surface area (Å²) >= 11 is 0. The lowest BCUT2D eigenvalue weighted by Gasteiger charge is -2.34. The largest absolute Gasteiger partial charge is 0.310 e. The van der Waals surface area contributed by atoms with Crippen molar-refractivity contribution in [2.24, 2.45) is 0 Å². The molecule has 0 aliphatic heterocycles. The Morgan fingerprint density at radius 1 is 0.429 bits per heavy atom. The first-order valence-corrected chi connectivity index (χ1v) is 14.8. The minimum Gasteiger partial charge on any atom is -0.310 e. The van der Waals surface area contributed by atoms with Crippen molar-refractivity contribution >= 4 is 17.1 Å². The maximum absolute atomic E-state index is 2.40. The third-order valence-corrected chi connectivity index (χ3v) is 8.71. The zero-order valence-corrected chi connectivity index (χ0v) is 24.5. The molecule has 0 unspecified atom stereocenters. The molecule has 0 radical (unpaired) electrons. The number of nitrogens with zero attached hydrogens (tertiary/aromatic N) is 1. The molecule has 1 aliphatic carbocycles. The molecule has 42 heavy (non-hydrogen) atoms. The molecule has 204 valence electrons. The Kier molecular flexibility index (Phi) is 6.32. The van der Waals surface area contributed by atoms with E-state index in [4.69, 9.17) is 0 Å². The van der Waals surface area contributed by atoms with Gasteiger partial charge >= 0.3 is 0 Å². The lowest BCUT2D eigenvalue weighted by atomic mass is 9.68. The van der Waals surface area contributed by atoms with Crippen LogP contribution in [0.15, 0.2) is 158 Å². The van der Waals surface area contributed by atoms with Gasteiger partial charge < -0.3 is 4.90 Å². The van der Waals surface area contributed by atoms with Crippen LogP contribution in [0.25, 0.3) is 11.1 Å². The predicted molar refractivity (Wildman–Crippen MR) is 177 cm³/mol. The Balaban J connectivity index is 1.47. The van der Waals surface area contributed by atoms with Gasteiger partial charge in [0.05, 0.1) is 5.41 Å². The van der Waals surface area contributed by atoms with Gasteiger partial charge in [0, 0.05) is 17.1 Å². The summed E-state index contributed by atoms with van der Waals surface area (Å²) < 4.78 is 0. The fourth-order valence-corrected chi connectivity index (χ4v) is 6.71. The summed E-state index contributed by atoms with van der Waals surface area (Å²) in [5.41, 5.74) is 12.3. The van der Waals surface area contributed by atoms with Crippen molar-refractivity contribution in [3.8, 4) is 11.1 Å². The highest BCUT2D eigenvalue weighted by molar-refractivity contribution is 5.90. The fourth-order valence-electron chi connectivity index (χ4n) is 6.71. The molecule has 0 atom stereocenters. The highest BCUT2D eigenvalue weighted by Crippen LogP contribution is 2.57. The summed E-state index contributed by atoms with van der Waals surface area (Å²) in [5, 5.41) is 0. The summed E-state index contributed by atoms with van der Waals surface area (Å²) in [4.78, 5) is 2.38. The van der Waals surface area contributed by atoms with Crippen LogP contribution < -0.4 is 4.90 Å². The Morgan fingerprint density at radius 2 is 0.905 bits per heavy atom. The van der Waals surface area contributed by atoms with Gasteiger partial charge in [-0.1, -0.05) is 142 Å². The number of anilines is 3. The van der Waals surface area contributed by atoms with Crippen LogP contribution in [0.2, 0.25) is 0 Å². The van der Waals surface area contributed by atoms with Gasteiger partial charge in [-0.25, -0.2) is 0 Å². The van der Waals surface area contributed by atoms with E-state index in [-0.39, 0.29) is 10.8 Å². The lowest BCUT2D eigenvalue weighted by molar-refractivity contribution is 0.590. The number of benzene rings is 6. The van der Waals surface area contributed by atoms with E-state index in [1.807, 2.05) is 0 Å². The van der Waals surface area contributed by atoms with E-state index in [9.17, 15) is 0 Å². The van der Waals surface area contributed by atoms with Crippen molar-refractivity contribution < 1.29 is 0 Å². The van der Waals surface area contributed by atoms with Crippen LogP contribution in [-0.2, 0) is 10.8 Å². The van der Waals surface area contributed by atoms with Crippen molar-refractivity contribution in [3.05, 3.63) is 186 Å². The number of para-hydroxylation sites is 1. The smallest absolute Gasteiger partial charge is 0.0713 e. The van der Waals surface area contributed by atoms with E-state index in [2.05, 4.69) is 183 Å². The fraction of sp³-hybridized carbons (Fsp3) is 0.122. The molecule has 7 rings (SSSR count). The van der Waals surface area contributed by atoms with Crippen molar-refractivity contribution in [2.75, 3.05) is 4.90 Å². The minimum atomic E-state index is -0.390. The maximum Gasteiger partial charge on any atom is 0.0713 e. The normalized spacial score (nSPS) is 13.3. The van der Waals surface area contributed by atoms with Gasteiger partial charge in [0.2, 0.25) is 0 Å². The Hall–Kier alpha value is -4.88. The molecule has 1 aliphatic rings. The van der Waals surface area contributed by atoms with Gasteiger partial charge in [-0.2, -0.15) is 0 Å². The molecule has 0 heterocycles. The van der Waals surface area contributed by atoms with E-state index in [0.29, 0.717) is 0 Å².